The number of rotatable bonds is 6. The van der Waals surface area contributed by atoms with Crippen molar-refractivity contribution < 1.29 is 0 Å². The van der Waals surface area contributed by atoms with E-state index in [4.69, 9.17) is 0 Å². The number of hydrogen-bond acceptors (Lipinski definition) is 2. The third-order valence-corrected chi connectivity index (χ3v) is 3.85. The summed E-state index contributed by atoms with van der Waals surface area (Å²) >= 11 is 0. The van der Waals surface area contributed by atoms with E-state index in [9.17, 15) is 0 Å². The lowest BCUT2D eigenvalue weighted by molar-refractivity contribution is 0.518. The molecule has 0 radical (unpaired) electrons. The third-order valence-electron chi connectivity index (χ3n) is 3.85. The molecule has 1 unspecified atom stereocenters. The van der Waals surface area contributed by atoms with E-state index in [0.717, 1.165) is 25.1 Å². The van der Waals surface area contributed by atoms with Crippen molar-refractivity contribution in [3.8, 4) is 0 Å². The van der Waals surface area contributed by atoms with Crippen LogP contribution >= 0.6 is 0 Å². The second-order valence-electron chi connectivity index (χ2n) is 5.35. The van der Waals surface area contributed by atoms with Crippen LogP contribution in [-0.2, 0) is 20.0 Å². The summed E-state index contributed by atoms with van der Waals surface area (Å²) in [5.41, 5.74) is 5.14. The van der Waals surface area contributed by atoms with Crippen molar-refractivity contribution in [3.63, 3.8) is 0 Å². The third kappa shape index (κ3) is 3.48. The molecule has 3 nitrogen and oxygen atoms in total. The molecule has 0 saturated heterocycles. The molecule has 2 aromatic rings. The Morgan fingerprint density at radius 2 is 1.90 bits per heavy atom. The van der Waals surface area contributed by atoms with Gasteiger partial charge in [0.15, 0.2) is 0 Å². The number of nitrogens with zero attached hydrogens (tertiary/aromatic N) is 2. The Labute approximate surface area is 122 Å². The van der Waals surface area contributed by atoms with Crippen molar-refractivity contribution in [3.05, 3.63) is 52.8 Å². The Hall–Kier alpha value is -1.61. The van der Waals surface area contributed by atoms with Gasteiger partial charge in [0.05, 0.1) is 5.69 Å². The van der Waals surface area contributed by atoms with E-state index in [1.54, 1.807) is 0 Å². The number of benzene rings is 1. The Morgan fingerprint density at radius 3 is 2.40 bits per heavy atom. The summed E-state index contributed by atoms with van der Waals surface area (Å²) in [5.74, 6) is 0. The molecule has 0 spiro atoms. The van der Waals surface area contributed by atoms with Crippen LogP contribution in [0.4, 0.5) is 0 Å². The normalized spacial score (nSPS) is 12.6. The summed E-state index contributed by atoms with van der Waals surface area (Å²) in [6.45, 7) is 7.35. The van der Waals surface area contributed by atoms with Crippen LogP contribution in [-0.4, -0.2) is 9.78 Å². The molecule has 20 heavy (non-hydrogen) atoms. The number of aromatic nitrogens is 2. The van der Waals surface area contributed by atoms with Gasteiger partial charge < -0.3 is 5.32 Å². The monoisotopic (exact) mass is 271 g/mol. The molecule has 1 aromatic carbocycles. The molecule has 0 bridgehead atoms. The zero-order chi connectivity index (χ0) is 14.5. The molecule has 0 fully saturated rings. The van der Waals surface area contributed by atoms with Gasteiger partial charge in [0.25, 0.3) is 0 Å². The van der Waals surface area contributed by atoms with Gasteiger partial charge in [-0.15, -0.1) is 0 Å². The molecule has 0 saturated carbocycles. The van der Waals surface area contributed by atoms with Gasteiger partial charge in [0.1, 0.15) is 0 Å². The van der Waals surface area contributed by atoms with Crippen LogP contribution in [0.3, 0.4) is 0 Å². The maximum absolute atomic E-state index is 4.39. The van der Waals surface area contributed by atoms with Gasteiger partial charge in [0, 0.05) is 31.4 Å². The standard InChI is InChI=1S/C17H25N3/c1-5-14-7-9-15(10-8-14)17(6-2)18-11-16-12-20(4)19-13(16)3/h7-10,12,17-18H,5-6,11H2,1-4H3. The van der Waals surface area contributed by atoms with E-state index in [-0.39, 0.29) is 0 Å². The lowest BCUT2D eigenvalue weighted by Gasteiger charge is -2.17. The average Bonchev–Trinajstić information content (AvgIpc) is 2.78. The fourth-order valence-corrected chi connectivity index (χ4v) is 2.54. The van der Waals surface area contributed by atoms with E-state index in [1.165, 1.54) is 16.7 Å². The van der Waals surface area contributed by atoms with E-state index < -0.39 is 0 Å². The molecule has 2 rings (SSSR count). The summed E-state index contributed by atoms with van der Waals surface area (Å²) in [6, 6.07) is 9.36. The first-order valence-corrected chi connectivity index (χ1v) is 7.45. The van der Waals surface area contributed by atoms with Crippen LogP contribution in [0.5, 0.6) is 0 Å². The van der Waals surface area contributed by atoms with Crippen molar-refractivity contribution in [2.75, 3.05) is 0 Å². The SMILES string of the molecule is CCc1ccc(C(CC)NCc2cn(C)nc2C)cc1. The fourth-order valence-electron chi connectivity index (χ4n) is 2.54. The van der Waals surface area contributed by atoms with Gasteiger partial charge in [-0.2, -0.15) is 5.10 Å². The molecule has 0 aliphatic rings. The molecule has 108 valence electrons. The summed E-state index contributed by atoms with van der Waals surface area (Å²) in [4.78, 5) is 0. The van der Waals surface area contributed by atoms with Crippen LogP contribution in [0.15, 0.2) is 30.5 Å². The second-order valence-corrected chi connectivity index (χ2v) is 5.35. The highest BCUT2D eigenvalue weighted by Crippen LogP contribution is 2.18. The van der Waals surface area contributed by atoms with Gasteiger partial charge >= 0.3 is 0 Å². The Morgan fingerprint density at radius 1 is 1.20 bits per heavy atom. The number of hydrogen-bond donors (Lipinski definition) is 1. The maximum Gasteiger partial charge on any atom is 0.0638 e. The molecule has 3 heteroatoms. The molecule has 0 amide bonds. The van der Waals surface area contributed by atoms with Crippen LogP contribution in [0, 0.1) is 6.92 Å². The van der Waals surface area contributed by atoms with Gasteiger partial charge in [-0.1, -0.05) is 38.1 Å². The topological polar surface area (TPSA) is 29.9 Å². The summed E-state index contributed by atoms with van der Waals surface area (Å²) in [7, 11) is 1.97. The van der Waals surface area contributed by atoms with E-state index in [2.05, 4.69) is 61.6 Å². The minimum atomic E-state index is 0.403. The molecule has 1 aromatic heterocycles. The summed E-state index contributed by atoms with van der Waals surface area (Å²) in [6.07, 6.45) is 4.28. The number of aryl methyl sites for hydroxylation is 3. The average molecular weight is 271 g/mol. The second kappa shape index (κ2) is 6.71. The van der Waals surface area contributed by atoms with Gasteiger partial charge in [-0.3, -0.25) is 4.68 Å². The first kappa shape index (κ1) is 14.8. The highest BCUT2D eigenvalue weighted by Gasteiger charge is 2.10. The largest absolute Gasteiger partial charge is 0.306 e. The minimum Gasteiger partial charge on any atom is -0.306 e. The summed E-state index contributed by atoms with van der Waals surface area (Å²) in [5, 5.41) is 8.03. The predicted octanol–water partition coefficient (Wildman–Crippen LogP) is 3.53. The first-order valence-electron chi connectivity index (χ1n) is 7.45. The Bertz CT molecular complexity index is 540. The quantitative estimate of drug-likeness (QED) is 0.871. The highest BCUT2D eigenvalue weighted by molar-refractivity contribution is 5.25. The van der Waals surface area contributed by atoms with Crippen molar-refractivity contribution >= 4 is 0 Å². The minimum absolute atomic E-state index is 0.403. The summed E-state index contributed by atoms with van der Waals surface area (Å²) < 4.78 is 1.88. The van der Waals surface area contributed by atoms with Crippen LogP contribution in [0.2, 0.25) is 0 Å². The maximum atomic E-state index is 4.39. The van der Waals surface area contributed by atoms with Crippen LogP contribution in [0.1, 0.15) is 48.7 Å². The first-order chi connectivity index (χ1) is 9.63. The molecular weight excluding hydrogens is 246 g/mol. The molecule has 1 N–H and O–H groups in total. The molecule has 0 aliphatic carbocycles. The van der Waals surface area contributed by atoms with Gasteiger partial charge in [-0.25, -0.2) is 0 Å². The van der Waals surface area contributed by atoms with Crippen molar-refractivity contribution in [1.29, 1.82) is 0 Å². The molecule has 1 atom stereocenters. The van der Waals surface area contributed by atoms with E-state index in [0.29, 0.717) is 6.04 Å². The van der Waals surface area contributed by atoms with Crippen LogP contribution < -0.4 is 5.32 Å². The Kier molecular flexibility index (Phi) is 4.96. The number of nitrogens with one attached hydrogen (secondary N) is 1. The van der Waals surface area contributed by atoms with E-state index in [1.807, 2.05) is 11.7 Å². The van der Waals surface area contributed by atoms with Gasteiger partial charge in [-0.05, 0) is 30.9 Å². The smallest absolute Gasteiger partial charge is 0.0638 e. The van der Waals surface area contributed by atoms with Crippen molar-refractivity contribution in [1.82, 2.24) is 15.1 Å². The Balaban J connectivity index is 2.03. The van der Waals surface area contributed by atoms with Crippen molar-refractivity contribution in [2.45, 2.75) is 46.2 Å². The lowest BCUT2D eigenvalue weighted by Crippen LogP contribution is -2.20. The molecule has 0 aliphatic heterocycles. The van der Waals surface area contributed by atoms with Gasteiger partial charge in [0.2, 0.25) is 0 Å². The molecular formula is C17H25N3. The fraction of sp³-hybridized carbons (Fsp3) is 0.471. The zero-order valence-electron chi connectivity index (χ0n) is 13.0. The van der Waals surface area contributed by atoms with Crippen molar-refractivity contribution in [2.24, 2.45) is 7.05 Å². The zero-order valence-corrected chi connectivity index (χ0v) is 13.0. The predicted molar refractivity (Wildman–Crippen MR) is 83.6 cm³/mol. The van der Waals surface area contributed by atoms with Crippen LogP contribution in [0.25, 0.3) is 0 Å². The highest BCUT2D eigenvalue weighted by atomic mass is 15.2. The van der Waals surface area contributed by atoms with E-state index >= 15 is 0 Å². The molecule has 1 heterocycles. The lowest BCUT2D eigenvalue weighted by atomic mass is 10.0.